The monoisotopic (exact) mass is 504 g/mol. The lowest BCUT2D eigenvalue weighted by Gasteiger charge is -2.36. The Balaban J connectivity index is 1.80. The van der Waals surface area contributed by atoms with Gasteiger partial charge in [0, 0.05) is 24.4 Å². The van der Waals surface area contributed by atoms with E-state index in [2.05, 4.69) is 64.2 Å². The normalized spacial score (nSPS) is 25.0. The molecule has 2 aromatic rings. The number of hydrogen-bond acceptors (Lipinski definition) is 3. The first-order chi connectivity index (χ1) is 17.6. The molecule has 5 heteroatoms. The molecule has 1 aliphatic carbocycles. The molecule has 2 fully saturated rings. The molecule has 4 unspecified atom stereocenters. The highest BCUT2D eigenvalue weighted by atomic mass is 16.4. The summed E-state index contributed by atoms with van der Waals surface area (Å²) in [5, 5.41) is 14.4. The molecule has 1 amide bonds. The third kappa shape index (κ3) is 5.77. The molecule has 2 aliphatic rings. The van der Waals surface area contributed by atoms with Crippen molar-refractivity contribution in [3.8, 4) is 0 Å². The zero-order valence-corrected chi connectivity index (χ0v) is 23.1. The molecule has 2 aromatic carbocycles. The third-order valence-corrected chi connectivity index (χ3v) is 8.47. The highest BCUT2D eigenvalue weighted by Crippen LogP contribution is 2.49. The van der Waals surface area contributed by atoms with Gasteiger partial charge in [-0.15, -0.1) is 0 Å². The fraction of sp³-hybridized carbons (Fsp3) is 0.562. The number of carbonyl (C=O) groups is 2. The molecule has 1 aliphatic heterocycles. The van der Waals surface area contributed by atoms with Crippen molar-refractivity contribution in [2.45, 2.75) is 97.3 Å². The van der Waals surface area contributed by atoms with Crippen LogP contribution in [0.4, 0.5) is 0 Å². The summed E-state index contributed by atoms with van der Waals surface area (Å²) in [5.74, 6) is -0.850. The van der Waals surface area contributed by atoms with Crippen LogP contribution >= 0.6 is 0 Å². The first kappa shape index (κ1) is 27.4. The van der Waals surface area contributed by atoms with Gasteiger partial charge < -0.3 is 15.3 Å². The Labute approximate surface area is 222 Å². The van der Waals surface area contributed by atoms with E-state index in [9.17, 15) is 14.7 Å². The average molecular weight is 505 g/mol. The maximum Gasteiger partial charge on any atom is 0.326 e. The number of nitrogens with zero attached hydrogens (tertiary/aromatic N) is 1. The number of rotatable bonds is 7. The molecule has 0 aromatic heterocycles. The molecule has 0 bridgehead atoms. The molecule has 1 saturated heterocycles. The second kappa shape index (κ2) is 11.4. The summed E-state index contributed by atoms with van der Waals surface area (Å²) < 4.78 is 0. The van der Waals surface area contributed by atoms with Gasteiger partial charge in [-0.05, 0) is 40.9 Å². The molecule has 200 valence electrons. The topological polar surface area (TPSA) is 69.6 Å². The molecule has 0 radical (unpaired) electrons. The van der Waals surface area contributed by atoms with Gasteiger partial charge in [-0.3, -0.25) is 4.79 Å². The smallest absolute Gasteiger partial charge is 0.326 e. The number of benzene rings is 2. The van der Waals surface area contributed by atoms with Crippen LogP contribution in [-0.4, -0.2) is 34.0 Å². The molecule has 5 nitrogen and oxygen atoms in total. The number of hydrogen-bond donors (Lipinski definition) is 2. The van der Waals surface area contributed by atoms with Crippen molar-refractivity contribution in [3.05, 3.63) is 71.3 Å². The lowest BCUT2D eigenvalue weighted by Crippen LogP contribution is -2.49. The predicted octanol–water partition coefficient (Wildman–Crippen LogP) is 6.55. The number of nitrogens with one attached hydrogen (secondary N) is 1. The van der Waals surface area contributed by atoms with E-state index < -0.39 is 12.0 Å². The standard InChI is InChI=1S/C32H44N2O3/c1-21(2)25-19-13-12-18-24(25)20-33-27-26(32(3,4)5)29(31(36)37)34(28(27)22-14-8-6-9-15-22)30(35)23-16-10-7-11-17-23/h6,8-9,12-15,18-19,21,23,26-29,33H,7,10-11,16-17,20H2,1-5H3,(H,36,37). The number of carbonyl (C=O) groups excluding carboxylic acids is 1. The molecule has 2 N–H and O–H groups in total. The summed E-state index contributed by atoms with van der Waals surface area (Å²) in [5.41, 5.74) is 3.19. The fourth-order valence-electron chi connectivity index (χ4n) is 6.77. The minimum absolute atomic E-state index is 0.0158. The van der Waals surface area contributed by atoms with Crippen molar-refractivity contribution in [1.29, 1.82) is 0 Å². The Morgan fingerprint density at radius 1 is 0.973 bits per heavy atom. The van der Waals surface area contributed by atoms with Crippen LogP contribution in [0.5, 0.6) is 0 Å². The third-order valence-electron chi connectivity index (χ3n) is 8.47. The van der Waals surface area contributed by atoms with E-state index in [0.29, 0.717) is 12.5 Å². The van der Waals surface area contributed by atoms with E-state index >= 15 is 0 Å². The fourth-order valence-corrected chi connectivity index (χ4v) is 6.77. The van der Waals surface area contributed by atoms with Crippen LogP contribution in [0.1, 0.15) is 95.4 Å². The Hall–Kier alpha value is -2.66. The van der Waals surface area contributed by atoms with Gasteiger partial charge in [0.05, 0.1) is 6.04 Å². The summed E-state index contributed by atoms with van der Waals surface area (Å²) in [7, 11) is 0. The highest BCUT2D eigenvalue weighted by Gasteiger charge is 2.58. The van der Waals surface area contributed by atoms with Gasteiger partial charge >= 0.3 is 5.97 Å². The number of carboxylic acid groups (broad SMARTS) is 1. The van der Waals surface area contributed by atoms with Crippen molar-refractivity contribution in [2.75, 3.05) is 0 Å². The molecule has 1 saturated carbocycles. The van der Waals surface area contributed by atoms with Crippen LogP contribution in [0.15, 0.2) is 54.6 Å². The van der Waals surface area contributed by atoms with E-state index in [-0.39, 0.29) is 35.2 Å². The van der Waals surface area contributed by atoms with Gasteiger partial charge in [0.1, 0.15) is 6.04 Å². The maximum atomic E-state index is 14.2. The average Bonchev–Trinajstić information content (AvgIpc) is 3.24. The number of likely N-dealkylation sites (tertiary alicyclic amines) is 1. The van der Waals surface area contributed by atoms with E-state index in [1.54, 1.807) is 4.90 Å². The Morgan fingerprint density at radius 2 is 1.59 bits per heavy atom. The quantitative estimate of drug-likeness (QED) is 0.449. The van der Waals surface area contributed by atoms with Crippen LogP contribution in [0.3, 0.4) is 0 Å². The Morgan fingerprint density at radius 3 is 2.19 bits per heavy atom. The number of aliphatic carboxylic acids is 1. The van der Waals surface area contributed by atoms with Crippen LogP contribution in [-0.2, 0) is 16.1 Å². The van der Waals surface area contributed by atoms with E-state index in [0.717, 1.165) is 37.7 Å². The van der Waals surface area contributed by atoms with E-state index in [4.69, 9.17) is 0 Å². The van der Waals surface area contributed by atoms with E-state index in [1.165, 1.54) is 11.1 Å². The van der Waals surface area contributed by atoms with Crippen molar-refractivity contribution in [2.24, 2.45) is 17.3 Å². The maximum absolute atomic E-state index is 14.2. The number of carboxylic acids is 1. The highest BCUT2D eigenvalue weighted by molar-refractivity contribution is 5.87. The minimum atomic E-state index is -0.906. The van der Waals surface area contributed by atoms with Crippen molar-refractivity contribution >= 4 is 11.9 Å². The summed E-state index contributed by atoms with van der Waals surface area (Å²) in [6.45, 7) is 11.4. The molecule has 4 atom stereocenters. The first-order valence-corrected chi connectivity index (χ1v) is 14.0. The second-order valence-electron chi connectivity index (χ2n) is 12.4. The SMILES string of the molecule is CC(C)c1ccccc1CNC1C(c2ccccc2)N(C(=O)C2CCCCC2)C(C(=O)O)C1C(C)(C)C. The first-order valence-electron chi connectivity index (χ1n) is 14.0. The van der Waals surface area contributed by atoms with Gasteiger partial charge in [-0.2, -0.15) is 0 Å². The van der Waals surface area contributed by atoms with Crippen molar-refractivity contribution < 1.29 is 14.7 Å². The largest absolute Gasteiger partial charge is 0.480 e. The molecule has 0 spiro atoms. The predicted molar refractivity (Wildman–Crippen MR) is 148 cm³/mol. The summed E-state index contributed by atoms with van der Waals surface area (Å²) >= 11 is 0. The van der Waals surface area contributed by atoms with Crippen LogP contribution < -0.4 is 5.32 Å². The minimum Gasteiger partial charge on any atom is -0.480 e. The summed E-state index contributed by atoms with van der Waals surface area (Å²) in [6, 6.07) is 17.1. The van der Waals surface area contributed by atoms with Crippen molar-refractivity contribution in [1.82, 2.24) is 10.2 Å². The molecular weight excluding hydrogens is 460 g/mol. The molecule has 37 heavy (non-hydrogen) atoms. The zero-order chi connectivity index (χ0) is 26.7. The lowest BCUT2D eigenvalue weighted by atomic mass is 9.72. The van der Waals surface area contributed by atoms with Crippen LogP contribution in [0.2, 0.25) is 0 Å². The van der Waals surface area contributed by atoms with Crippen molar-refractivity contribution in [3.63, 3.8) is 0 Å². The number of amides is 1. The second-order valence-corrected chi connectivity index (χ2v) is 12.4. The van der Waals surface area contributed by atoms with E-state index in [1.807, 2.05) is 30.3 Å². The Kier molecular flexibility index (Phi) is 8.42. The van der Waals surface area contributed by atoms with Gasteiger partial charge in [-0.1, -0.05) is 108 Å². The summed E-state index contributed by atoms with van der Waals surface area (Å²) in [6.07, 6.45) is 4.92. The van der Waals surface area contributed by atoms with Gasteiger partial charge in [0.2, 0.25) is 5.91 Å². The molecular formula is C32H44N2O3. The molecule has 4 rings (SSSR count). The Bertz CT molecular complexity index is 1070. The lowest BCUT2D eigenvalue weighted by molar-refractivity contribution is -0.154. The van der Waals surface area contributed by atoms with Crippen LogP contribution in [0.25, 0.3) is 0 Å². The van der Waals surface area contributed by atoms with Gasteiger partial charge in [0.25, 0.3) is 0 Å². The molecule has 1 heterocycles. The summed E-state index contributed by atoms with van der Waals surface area (Å²) in [4.78, 5) is 28.9. The zero-order valence-electron chi connectivity index (χ0n) is 23.1. The van der Waals surface area contributed by atoms with Gasteiger partial charge in [0.15, 0.2) is 0 Å². The van der Waals surface area contributed by atoms with Gasteiger partial charge in [-0.25, -0.2) is 4.79 Å². The van der Waals surface area contributed by atoms with Crippen LogP contribution in [0, 0.1) is 17.3 Å².